The van der Waals surface area contributed by atoms with Crippen molar-refractivity contribution in [3.63, 3.8) is 0 Å². The Morgan fingerprint density at radius 2 is 1.50 bits per heavy atom. The minimum absolute atomic E-state index is 0. The molecule has 0 aromatic heterocycles. The van der Waals surface area contributed by atoms with Crippen LogP contribution in [0.25, 0.3) is 0 Å². The maximum absolute atomic E-state index is 10.2. The molecule has 6 heteroatoms. The van der Waals surface area contributed by atoms with E-state index < -0.39 is 17.9 Å². The molecule has 0 spiro atoms. The number of carboxylic acid groups (broad SMARTS) is 2. The van der Waals surface area contributed by atoms with Crippen LogP contribution >= 0.6 is 0 Å². The van der Waals surface area contributed by atoms with Crippen LogP contribution < -0.4 is 0 Å². The molecule has 0 saturated carbocycles. The summed E-state index contributed by atoms with van der Waals surface area (Å²) in [6.45, 7) is 1.75. The second-order valence-corrected chi connectivity index (χ2v) is 2.02. The summed E-state index contributed by atoms with van der Waals surface area (Å²) >= 11 is 0. The van der Waals surface area contributed by atoms with Crippen LogP contribution in [-0.4, -0.2) is 81.3 Å². The van der Waals surface area contributed by atoms with Crippen LogP contribution in [0.15, 0.2) is 0 Å². The Labute approximate surface area is 115 Å². The van der Waals surface area contributed by atoms with E-state index in [4.69, 9.17) is 10.2 Å². The van der Waals surface area contributed by atoms with Crippen molar-refractivity contribution in [3.05, 3.63) is 0 Å². The normalized spacial score (nSPS) is 8.17. The first kappa shape index (κ1) is 18.7. The van der Waals surface area contributed by atoms with E-state index in [9.17, 15) is 9.59 Å². The van der Waals surface area contributed by atoms with E-state index in [1.807, 2.05) is 0 Å². The third-order valence-corrected chi connectivity index (χ3v) is 1.17. The summed E-state index contributed by atoms with van der Waals surface area (Å²) in [7, 11) is 0. The number of aliphatic carboxylic acids is 2. The van der Waals surface area contributed by atoms with Crippen molar-refractivity contribution in [3.8, 4) is 0 Å². The fourth-order valence-corrected chi connectivity index (χ4v) is 0.641. The van der Waals surface area contributed by atoms with E-state index in [-0.39, 0.29) is 65.5 Å². The molecule has 0 aromatic carbocycles. The van der Waals surface area contributed by atoms with E-state index in [0.29, 0.717) is 6.42 Å². The summed E-state index contributed by atoms with van der Waals surface area (Å²) < 4.78 is 0. The molecule has 0 aromatic rings. The van der Waals surface area contributed by atoms with Crippen molar-refractivity contribution in [2.24, 2.45) is 5.92 Å². The summed E-state index contributed by atoms with van der Waals surface area (Å²) in [5.74, 6) is -3.74. The fraction of sp³-hybridized carbons (Fsp3) is 0.667. The van der Waals surface area contributed by atoms with Crippen LogP contribution in [0, 0.1) is 5.92 Å². The van der Waals surface area contributed by atoms with E-state index in [1.165, 1.54) is 0 Å². The second-order valence-electron chi connectivity index (χ2n) is 2.02. The molecule has 0 aliphatic rings. The Bertz CT molecular complexity index is 134. The van der Waals surface area contributed by atoms with Gasteiger partial charge in [-0.25, -0.2) is 0 Å². The molecule has 0 amide bonds. The monoisotopic (exact) mass is 194 g/mol. The van der Waals surface area contributed by atoms with Crippen LogP contribution in [0.2, 0.25) is 0 Å². The van der Waals surface area contributed by atoms with Crippen LogP contribution in [0.5, 0.6) is 0 Å². The van der Waals surface area contributed by atoms with Gasteiger partial charge in [0.1, 0.15) is 0 Å². The molecule has 62 valence electrons. The molecule has 0 aliphatic heterocycles. The number of carboxylic acids is 2. The molecule has 12 heavy (non-hydrogen) atoms. The molecule has 0 radical (unpaired) electrons. The van der Waals surface area contributed by atoms with Crippen molar-refractivity contribution in [2.45, 2.75) is 19.8 Å². The first-order valence-electron chi connectivity index (χ1n) is 3.05. The van der Waals surface area contributed by atoms with Crippen LogP contribution in [0.4, 0.5) is 0 Å². The predicted molar refractivity (Wildman–Crippen MR) is 48.0 cm³/mol. The van der Waals surface area contributed by atoms with Gasteiger partial charge in [-0.1, -0.05) is 13.3 Å². The molecule has 0 bridgehead atoms. The molecule has 0 atom stereocenters. The predicted octanol–water partition coefficient (Wildman–Crippen LogP) is -0.725. The number of hydrogen-bond donors (Lipinski definition) is 2. The zero-order valence-corrected chi connectivity index (χ0v) is 5.70. The van der Waals surface area contributed by atoms with E-state index >= 15 is 0 Å². The summed E-state index contributed by atoms with van der Waals surface area (Å²) in [4.78, 5) is 20.3. The Kier molecular flexibility index (Phi) is 15.6. The van der Waals surface area contributed by atoms with Gasteiger partial charge in [0.2, 0.25) is 0 Å². The molecule has 2 N–H and O–H groups in total. The van der Waals surface area contributed by atoms with Gasteiger partial charge in [-0.3, -0.25) is 9.59 Å². The van der Waals surface area contributed by atoms with Gasteiger partial charge in [0.05, 0.1) is 0 Å². The Morgan fingerprint density at radius 3 is 1.58 bits per heavy atom. The molecular formula is C6H12Na2O4. The third kappa shape index (κ3) is 7.58. The van der Waals surface area contributed by atoms with E-state index in [0.717, 1.165) is 0 Å². The molecule has 0 unspecified atom stereocenters. The van der Waals surface area contributed by atoms with Gasteiger partial charge >= 0.3 is 71.1 Å². The van der Waals surface area contributed by atoms with Gasteiger partial charge in [0.15, 0.2) is 5.92 Å². The molecule has 4 nitrogen and oxygen atoms in total. The van der Waals surface area contributed by atoms with Crippen LogP contribution in [0.3, 0.4) is 0 Å². The van der Waals surface area contributed by atoms with Gasteiger partial charge in [-0.05, 0) is 6.42 Å². The third-order valence-electron chi connectivity index (χ3n) is 1.17. The second kappa shape index (κ2) is 10.0. The first-order valence-corrected chi connectivity index (χ1v) is 3.05. The summed E-state index contributed by atoms with van der Waals surface area (Å²) in [5.41, 5.74) is 0. The van der Waals surface area contributed by atoms with Crippen molar-refractivity contribution < 1.29 is 19.8 Å². The van der Waals surface area contributed by atoms with Crippen LogP contribution in [0.1, 0.15) is 19.8 Å². The SMILES string of the molecule is CCCC(C(=O)O)C(=O)O.[NaH].[NaH]. The van der Waals surface area contributed by atoms with Crippen molar-refractivity contribution >= 4 is 71.1 Å². The quantitative estimate of drug-likeness (QED) is 0.457. The van der Waals surface area contributed by atoms with E-state index in [1.54, 1.807) is 6.92 Å². The minimum atomic E-state index is -1.26. The molecule has 0 heterocycles. The van der Waals surface area contributed by atoms with Gasteiger partial charge in [0, 0.05) is 0 Å². The average Bonchev–Trinajstić information content (AvgIpc) is 1.81. The van der Waals surface area contributed by atoms with Crippen molar-refractivity contribution in [2.75, 3.05) is 0 Å². The number of rotatable bonds is 4. The zero-order valence-electron chi connectivity index (χ0n) is 5.70. The summed E-state index contributed by atoms with van der Waals surface area (Å²) in [6.07, 6.45) is 0.772. The van der Waals surface area contributed by atoms with Gasteiger partial charge in [-0.15, -0.1) is 0 Å². The van der Waals surface area contributed by atoms with E-state index in [2.05, 4.69) is 0 Å². The first-order chi connectivity index (χ1) is 4.59. The fourth-order valence-electron chi connectivity index (χ4n) is 0.641. The summed E-state index contributed by atoms with van der Waals surface area (Å²) in [5, 5.41) is 16.6. The topological polar surface area (TPSA) is 74.6 Å². The Balaban J connectivity index is -0.000000405. The van der Waals surface area contributed by atoms with Gasteiger partial charge in [-0.2, -0.15) is 0 Å². The average molecular weight is 194 g/mol. The van der Waals surface area contributed by atoms with Crippen molar-refractivity contribution in [1.82, 2.24) is 0 Å². The molecule has 0 aliphatic carbocycles. The van der Waals surface area contributed by atoms with Crippen molar-refractivity contribution in [1.29, 1.82) is 0 Å². The number of hydrogen-bond acceptors (Lipinski definition) is 2. The standard InChI is InChI=1S/C6H10O4.2Na.2H/c1-2-3-4(5(7)8)6(9)10;;;;/h4H,2-3H2,1H3,(H,7,8)(H,9,10);;;;. The van der Waals surface area contributed by atoms with Crippen LogP contribution in [-0.2, 0) is 9.59 Å². The Hall–Kier alpha value is 0.940. The number of carbonyl (C=O) groups is 2. The van der Waals surface area contributed by atoms with Gasteiger partial charge in [0.25, 0.3) is 0 Å². The molecule has 0 saturated heterocycles. The maximum atomic E-state index is 10.2. The zero-order chi connectivity index (χ0) is 8.15. The van der Waals surface area contributed by atoms with Gasteiger partial charge < -0.3 is 10.2 Å². The Morgan fingerprint density at radius 1 is 1.17 bits per heavy atom. The summed E-state index contributed by atoms with van der Waals surface area (Å²) in [6, 6.07) is 0. The molecule has 0 fully saturated rings. The molecule has 0 rings (SSSR count). The molecular weight excluding hydrogens is 182 g/mol.